The Labute approximate surface area is 175 Å². The first-order valence-electron chi connectivity index (χ1n) is 9.94. The lowest BCUT2D eigenvalue weighted by Gasteiger charge is -2.31. The summed E-state index contributed by atoms with van der Waals surface area (Å²) in [6.45, 7) is 2.37. The van der Waals surface area contributed by atoms with Crippen LogP contribution in [0, 0.1) is 11.7 Å². The second-order valence-corrected chi connectivity index (χ2v) is 7.39. The van der Waals surface area contributed by atoms with Crippen molar-refractivity contribution in [2.24, 2.45) is 5.92 Å². The van der Waals surface area contributed by atoms with Crippen LogP contribution in [0.15, 0.2) is 54.6 Å². The van der Waals surface area contributed by atoms with E-state index in [0.29, 0.717) is 31.5 Å². The molecule has 30 heavy (non-hydrogen) atoms. The van der Waals surface area contributed by atoms with Gasteiger partial charge in [-0.3, -0.25) is 14.4 Å². The van der Waals surface area contributed by atoms with Crippen molar-refractivity contribution in [3.8, 4) is 0 Å². The highest BCUT2D eigenvalue weighted by Crippen LogP contribution is 2.22. The summed E-state index contributed by atoms with van der Waals surface area (Å²) in [5.41, 5.74) is 1.14. The van der Waals surface area contributed by atoms with Crippen molar-refractivity contribution in [3.63, 3.8) is 0 Å². The zero-order valence-electron chi connectivity index (χ0n) is 17.1. The number of likely N-dealkylation sites (N-methyl/N-ethyl adjacent to an activating group) is 1. The number of piperidine rings is 1. The molecule has 0 N–H and O–H groups in total. The van der Waals surface area contributed by atoms with E-state index in [4.69, 9.17) is 4.74 Å². The molecule has 2 aromatic carbocycles. The van der Waals surface area contributed by atoms with E-state index in [1.807, 2.05) is 18.2 Å². The fourth-order valence-electron chi connectivity index (χ4n) is 3.47. The van der Waals surface area contributed by atoms with Crippen LogP contribution in [-0.2, 0) is 14.3 Å². The van der Waals surface area contributed by atoms with Gasteiger partial charge in [-0.05, 0) is 56.2 Å². The molecule has 7 heteroatoms. The number of amides is 2. The first kappa shape index (κ1) is 21.5. The maximum Gasteiger partial charge on any atom is 0.309 e. The van der Waals surface area contributed by atoms with Gasteiger partial charge >= 0.3 is 5.97 Å². The summed E-state index contributed by atoms with van der Waals surface area (Å²) < 4.78 is 18.4. The molecule has 0 bridgehead atoms. The summed E-state index contributed by atoms with van der Waals surface area (Å²) in [7, 11) is 1.64. The molecule has 0 unspecified atom stereocenters. The monoisotopic (exact) mass is 412 g/mol. The Morgan fingerprint density at radius 3 is 2.23 bits per heavy atom. The molecule has 1 aliphatic rings. The summed E-state index contributed by atoms with van der Waals surface area (Å²) in [6, 6.07) is 14.5. The minimum absolute atomic E-state index is 0.185. The number of carbonyl (C=O) groups is 3. The van der Waals surface area contributed by atoms with Gasteiger partial charge in [0.2, 0.25) is 0 Å². The van der Waals surface area contributed by atoms with E-state index in [2.05, 4.69) is 0 Å². The third-order valence-corrected chi connectivity index (χ3v) is 5.32. The van der Waals surface area contributed by atoms with Crippen LogP contribution in [0.3, 0.4) is 0 Å². The average molecular weight is 412 g/mol. The van der Waals surface area contributed by atoms with Crippen LogP contribution in [0.2, 0.25) is 0 Å². The fraction of sp³-hybridized carbons (Fsp3) is 0.348. The highest BCUT2D eigenvalue weighted by molar-refractivity contribution is 5.97. The number of para-hydroxylation sites is 1. The number of hydrogen-bond donors (Lipinski definition) is 0. The Hall–Kier alpha value is -3.22. The van der Waals surface area contributed by atoms with E-state index in [1.54, 1.807) is 31.0 Å². The van der Waals surface area contributed by atoms with Crippen molar-refractivity contribution in [3.05, 3.63) is 66.0 Å². The minimum Gasteiger partial charge on any atom is -0.452 e. The van der Waals surface area contributed by atoms with E-state index < -0.39 is 17.9 Å². The molecule has 158 valence electrons. The molecule has 1 fully saturated rings. The van der Waals surface area contributed by atoms with E-state index >= 15 is 0 Å². The van der Waals surface area contributed by atoms with Gasteiger partial charge < -0.3 is 14.5 Å². The lowest BCUT2D eigenvalue weighted by molar-refractivity contribution is -0.159. The molecule has 2 aromatic rings. The number of hydrogen-bond acceptors (Lipinski definition) is 4. The number of halogens is 1. The number of carbonyl (C=O) groups excluding carboxylic acids is 3. The molecule has 1 aliphatic heterocycles. The predicted molar refractivity (Wildman–Crippen MR) is 110 cm³/mol. The first-order valence-corrected chi connectivity index (χ1v) is 9.94. The molecule has 1 saturated heterocycles. The molecule has 0 aromatic heterocycles. The largest absolute Gasteiger partial charge is 0.452 e. The molecule has 2 amide bonds. The van der Waals surface area contributed by atoms with Gasteiger partial charge in [0.25, 0.3) is 11.8 Å². The SMILES string of the molecule is C[C@H](OC(=O)C1CCN(C(=O)c2ccc(F)cc2)CC1)C(=O)N(C)c1ccccc1. The van der Waals surface area contributed by atoms with Gasteiger partial charge in [0, 0.05) is 31.4 Å². The highest BCUT2D eigenvalue weighted by atomic mass is 19.1. The third kappa shape index (κ3) is 5.03. The van der Waals surface area contributed by atoms with Crippen LogP contribution in [0.1, 0.15) is 30.1 Å². The maximum absolute atomic E-state index is 13.0. The average Bonchev–Trinajstić information content (AvgIpc) is 2.78. The van der Waals surface area contributed by atoms with E-state index in [-0.39, 0.29) is 17.7 Å². The predicted octanol–water partition coefficient (Wildman–Crippen LogP) is 3.27. The number of anilines is 1. The molecule has 0 radical (unpaired) electrons. The molecular weight excluding hydrogens is 387 g/mol. The van der Waals surface area contributed by atoms with Crippen molar-refractivity contribution in [1.82, 2.24) is 4.90 Å². The van der Waals surface area contributed by atoms with Crippen LogP contribution in [0.25, 0.3) is 0 Å². The van der Waals surface area contributed by atoms with Crippen molar-refractivity contribution in [2.45, 2.75) is 25.9 Å². The number of benzene rings is 2. The lowest BCUT2D eigenvalue weighted by atomic mass is 9.96. The smallest absolute Gasteiger partial charge is 0.309 e. The zero-order valence-corrected chi connectivity index (χ0v) is 17.1. The number of ether oxygens (including phenoxy) is 1. The van der Waals surface area contributed by atoms with Gasteiger partial charge in [-0.15, -0.1) is 0 Å². The number of likely N-dealkylation sites (tertiary alicyclic amines) is 1. The quantitative estimate of drug-likeness (QED) is 0.707. The summed E-state index contributed by atoms with van der Waals surface area (Å²) in [5, 5.41) is 0. The van der Waals surface area contributed by atoms with E-state index in [0.717, 1.165) is 5.69 Å². The van der Waals surface area contributed by atoms with Crippen LogP contribution in [-0.4, -0.2) is 48.9 Å². The summed E-state index contributed by atoms with van der Waals surface area (Å²) in [4.78, 5) is 40.7. The Morgan fingerprint density at radius 2 is 1.63 bits per heavy atom. The summed E-state index contributed by atoms with van der Waals surface area (Å²) in [5.74, 6) is -1.67. The van der Waals surface area contributed by atoms with Gasteiger partial charge in [0.15, 0.2) is 6.10 Å². The second-order valence-electron chi connectivity index (χ2n) is 7.39. The molecular formula is C23H25FN2O4. The Bertz CT molecular complexity index is 893. The fourth-order valence-corrected chi connectivity index (χ4v) is 3.47. The minimum atomic E-state index is -0.901. The molecule has 6 nitrogen and oxygen atoms in total. The standard InChI is InChI=1S/C23H25FN2O4/c1-16(21(27)25(2)20-6-4-3-5-7-20)30-23(29)18-12-14-26(15-13-18)22(28)17-8-10-19(24)11-9-17/h3-11,16,18H,12-15H2,1-2H3/t16-/m0/s1. The van der Waals surface area contributed by atoms with Crippen LogP contribution >= 0.6 is 0 Å². The lowest BCUT2D eigenvalue weighted by Crippen LogP contribution is -2.42. The van der Waals surface area contributed by atoms with Crippen LogP contribution < -0.4 is 4.90 Å². The molecule has 0 spiro atoms. The zero-order chi connectivity index (χ0) is 21.7. The van der Waals surface area contributed by atoms with Crippen LogP contribution in [0.4, 0.5) is 10.1 Å². The van der Waals surface area contributed by atoms with Gasteiger partial charge in [-0.2, -0.15) is 0 Å². The number of nitrogens with zero attached hydrogens (tertiary/aromatic N) is 2. The van der Waals surface area contributed by atoms with Gasteiger partial charge in [0.05, 0.1) is 5.92 Å². The van der Waals surface area contributed by atoms with Crippen molar-refractivity contribution < 1.29 is 23.5 Å². The Morgan fingerprint density at radius 1 is 1.03 bits per heavy atom. The van der Waals surface area contributed by atoms with Crippen molar-refractivity contribution in [2.75, 3.05) is 25.0 Å². The third-order valence-electron chi connectivity index (χ3n) is 5.32. The normalized spacial score (nSPS) is 15.4. The van der Waals surface area contributed by atoms with Crippen molar-refractivity contribution in [1.29, 1.82) is 0 Å². The second kappa shape index (κ2) is 9.52. The molecule has 0 aliphatic carbocycles. The topological polar surface area (TPSA) is 66.9 Å². The molecule has 3 rings (SSSR count). The number of rotatable bonds is 5. The van der Waals surface area contributed by atoms with E-state index in [9.17, 15) is 18.8 Å². The number of esters is 1. The molecule has 1 heterocycles. The van der Waals surface area contributed by atoms with Crippen molar-refractivity contribution >= 4 is 23.5 Å². The Kier molecular flexibility index (Phi) is 6.82. The van der Waals surface area contributed by atoms with Crippen LogP contribution in [0.5, 0.6) is 0 Å². The van der Waals surface area contributed by atoms with Gasteiger partial charge in [-0.1, -0.05) is 18.2 Å². The summed E-state index contributed by atoms with van der Waals surface area (Å²) in [6.07, 6.45) is 0.0177. The van der Waals surface area contributed by atoms with E-state index in [1.165, 1.54) is 29.2 Å². The maximum atomic E-state index is 13.0. The Balaban J connectivity index is 1.50. The van der Waals surface area contributed by atoms with Gasteiger partial charge in [0.1, 0.15) is 5.82 Å². The highest BCUT2D eigenvalue weighted by Gasteiger charge is 2.31. The first-order chi connectivity index (χ1) is 14.4. The van der Waals surface area contributed by atoms with Gasteiger partial charge in [-0.25, -0.2) is 4.39 Å². The molecule has 1 atom stereocenters. The summed E-state index contributed by atoms with van der Waals surface area (Å²) >= 11 is 0. The molecule has 0 saturated carbocycles.